The number of methoxy groups -OCH3 is 1. The molecule has 45 heavy (non-hydrogen) atoms. The predicted octanol–water partition coefficient (Wildman–Crippen LogP) is 4.97. The van der Waals surface area contributed by atoms with Crippen LogP contribution in [0, 0.1) is 0 Å². The molecule has 14 heteroatoms. The molecule has 2 aromatic carbocycles. The van der Waals surface area contributed by atoms with Gasteiger partial charge in [0.15, 0.2) is 5.65 Å². The predicted molar refractivity (Wildman–Crippen MR) is 163 cm³/mol. The van der Waals surface area contributed by atoms with Gasteiger partial charge in [0.05, 0.1) is 29.8 Å². The maximum atomic E-state index is 13.0. The van der Waals surface area contributed by atoms with Gasteiger partial charge in [0.25, 0.3) is 5.91 Å². The van der Waals surface area contributed by atoms with Crippen LogP contribution in [0.2, 0.25) is 0 Å². The normalized spacial score (nSPS) is 19.8. The van der Waals surface area contributed by atoms with Crippen molar-refractivity contribution < 1.29 is 27.4 Å². The number of carbonyl (C=O) groups is 1. The summed E-state index contributed by atoms with van der Waals surface area (Å²) in [6, 6.07) is 10.9. The highest BCUT2D eigenvalue weighted by Gasteiger charge is 2.33. The Labute approximate surface area is 258 Å². The average molecular weight is 625 g/mol. The van der Waals surface area contributed by atoms with Crippen molar-refractivity contribution in [2.45, 2.75) is 44.1 Å². The van der Waals surface area contributed by atoms with Gasteiger partial charge in [-0.1, -0.05) is 18.2 Å². The molecule has 4 aromatic rings. The molecule has 0 atom stereocenters. The van der Waals surface area contributed by atoms with Gasteiger partial charge in [-0.3, -0.25) is 9.69 Å². The van der Waals surface area contributed by atoms with E-state index < -0.39 is 18.0 Å². The highest BCUT2D eigenvalue weighted by Crippen LogP contribution is 2.39. The van der Waals surface area contributed by atoms with Gasteiger partial charge in [0.1, 0.15) is 29.3 Å². The number of anilines is 2. The summed E-state index contributed by atoms with van der Waals surface area (Å²) in [5.74, 6) is -0.825. The molecule has 1 aliphatic carbocycles. The van der Waals surface area contributed by atoms with E-state index in [-0.39, 0.29) is 23.0 Å². The number of piperazine rings is 1. The topological polar surface area (TPSA) is 124 Å². The Morgan fingerprint density at radius 2 is 1.69 bits per heavy atom. The summed E-state index contributed by atoms with van der Waals surface area (Å²) in [6.45, 7) is 4.37. The van der Waals surface area contributed by atoms with Crippen LogP contribution in [0.5, 0.6) is 11.5 Å². The quantitative estimate of drug-likeness (QED) is 0.294. The number of fused-ring (bicyclic) bond motifs is 1. The van der Waals surface area contributed by atoms with Crippen LogP contribution < -0.4 is 20.5 Å². The van der Waals surface area contributed by atoms with E-state index in [0.717, 1.165) is 57.9 Å². The number of halogens is 3. The second-order valence-electron chi connectivity index (χ2n) is 11.5. The summed E-state index contributed by atoms with van der Waals surface area (Å²) >= 11 is 0. The second-order valence-corrected chi connectivity index (χ2v) is 11.5. The molecule has 0 radical (unpaired) electrons. The minimum atomic E-state index is -4.95. The van der Waals surface area contributed by atoms with E-state index in [9.17, 15) is 18.0 Å². The van der Waals surface area contributed by atoms with Gasteiger partial charge < -0.3 is 25.4 Å². The van der Waals surface area contributed by atoms with Crippen molar-refractivity contribution >= 4 is 28.4 Å². The molecule has 0 unspecified atom stereocenters. The molecule has 2 fully saturated rings. The second kappa shape index (κ2) is 12.5. The van der Waals surface area contributed by atoms with E-state index >= 15 is 0 Å². The van der Waals surface area contributed by atoms with Gasteiger partial charge in [0, 0.05) is 37.8 Å². The van der Waals surface area contributed by atoms with Crippen LogP contribution in [0.15, 0.2) is 48.8 Å². The molecular weight excluding hydrogens is 589 g/mol. The lowest BCUT2D eigenvalue weighted by Crippen LogP contribution is -2.49. The number of para-hydroxylation sites is 1. The minimum absolute atomic E-state index is 0.152. The van der Waals surface area contributed by atoms with Crippen molar-refractivity contribution in [1.29, 1.82) is 0 Å². The largest absolute Gasteiger partial charge is 0.573 e. The number of likely N-dealkylation sites (N-methyl/N-ethyl adjacent to an activating group) is 1. The average Bonchev–Trinajstić information content (AvgIpc) is 3.42. The Hall–Kier alpha value is -4.43. The van der Waals surface area contributed by atoms with E-state index in [1.807, 2.05) is 4.68 Å². The number of alkyl halides is 3. The van der Waals surface area contributed by atoms with Crippen molar-refractivity contribution in [2.24, 2.45) is 0 Å². The summed E-state index contributed by atoms with van der Waals surface area (Å²) in [5.41, 5.74) is 8.21. The Kier molecular flexibility index (Phi) is 8.51. The monoisotopic (exact) mass is 624 g/mol. The highest BCUT2D eigenvalue weighted by atomic mass is 19.4. The molecular formula is C31H35F3N8O3. The Morgan fingerprint density at radius 1 is 0.978 bits per heavy atom. The summed E-state index contributed by atoms with van der Waals surface area (Å²) in [5, 5.41) is 8.25. The third kappa shape index (κ3) is 6.52. The van der Waals surface area contributed by atoms with Crippen molar-refractivity contribution in [3.8, 4) is 22.8 Å². The van der Waals surface area contributed by atoms with Crippen molar-refractivity contribution in [1.82, 2.24) is 29.5 Å². The number of carbonyl (C=O) groups excluding carboxylic acids is 1. The zero-order valence-corrected chi connectivity index (χ0v) is 25.0. The number of benzene rings is 2. The van der Waals surface area contributed by atoms with Crippen LogP contribution >= 0.6 is 0 Å². The van der Waals surface area contributed by atoms with E-state index in [0.29, 0.717) is 34.2 Å². The zero-order valence-electron chi connectivity index (χ0n) is 25.0. The number of aromatic nitrogens is 4. The summed E-state index contributed by atoms with van der Waals surface area (Å²) < 4.78 is 50.3. The smallest absolute Gasteiger partial charge is 0.495 e. The summed E-state index contributed by atoms with van der Waals surface area (Å²) in [4.78, 5) is 26.8. The fourth-order valence-corrected chi connectivity index (χ4v) is 6.31. The van der Waals surface area contributed by atoms with E-state index in [2.05, 4.69) is 36.9 Å². The molecule has 1 aliphatic heterocycles. The molecule has 11 nitrogen and oxygen atoms in total. The molecule has 6 rings (SSSR count). The standard InChI is InChI=1S/C31H35F3N8O3/c1-40-13-15-41(16-14-40)20-8-10-21(11-9-20)42-29-26(28(35)36-18-37-29)27(39-42)19-7-12-23(25(17-19)44-2)38-30(43)22-5-3-4-6-24(22)45-31(32,33)34/h3-7,12,17-18,20-21H,8-11,13-16H2,1-2H3,(H,38,43)(H2,35,36,37). The number of amides is 1. The van der Waals surface area contributed by atoms with Gasteiger partial charge in [-0.15, -0.1) is 13.2 Å². The molecule has 0 spiro atoms. The molecule has 1 amide bonds. The number of nitrogens with two attached hydrogens (primary N) is 1. The van der Waals surface area contributed by atoms with Gasteiger partial charge in [0.2, 0.25) is 0 Å². The van der Waals surface area contributed by atoms with Gasteiger partial charge in [-0.25, -0.2) is 14.6 Å². The van der Waals surface area contributed by atoms with E-state index in [4.69, 9.17) is 15.6 Å². The molecule has 1 saturated heterocycles. The first kappa shape index (κ1) is 30.6. The molecule has 3 N–H and O–H groups in total. The third-order valence-corrected chi connectivity index (χ3v) is 8.67. The Balaban J connectivity index is 1.25. The molecule has 238 valence electrons. The fraction of sp³-hybridized carbons (Fsp3) is 0.419. The molecule has 2 aromatic heterocycles. The van der Waals surface area contributed by atoms with Crippen LogP contribution in [0.1, 0.15) is 42.1 Å². The first-order valence-electron chi connectivity index (χ1n) is 14.9. The molecule has 3 heterocycles. The molecule has 2 aliphatic rings. The number of nitrogen functional groups attached to an aromatic ring is 1. The van der Waals surface area contributed by atoms with Crippen LogP contribution in [-0.4, -0.2) is 88.2 Å². The Morgan fingerprint density at radius 3 is 2.40 bits per heavy atom. The van der Waals surface area contributed by atoms with Gasteiger partial charge in [-0.05, 0) is 57.0 Å². The lowest BCUT2D eigenvalue weighted by molar-refractivity contribution is -0.274. The third-order valence-electron chi connectivity index (χ3n) is 8.67. The first-order valence-corrected chi connectivity index (χ1v) is 14.9. The number of hydrogen-bond donors (Lipinski definition) is 2. The fourth-order valence-electron chi connectivity index (χ4n) is 6.31. The lowest BCUT2D eigenvalue weighted by Gasteiger charge is -2.41. The van der Waals surface area contributed by atoms with Crippen molar-refractivity contribution in [3.63, 3.8) is 0 Å². The number of nitrogens with one attached hydrogen (secondary N) is 1. The summed E-state index contributed by atoms with van der Waals surface area (Å²) in [7, 11) is 3.60. The van der Waals surface area contributed by atoms with Crippen molar-refractivity contribution in [2.75, 3.05) is 51.4 Å². The first-order chi connectivity index (χ1) is 21.6. The molecule has 1 saturated carbocycles. The van der Waals surface area contributed by atoms with Gasteiger partial charge in [-0.2, -0.15) is 5.10 Å². The minimum Gasteiger partial charge on any atom is -0.495 e. The van der Waals surface area contributed by atoms with Crippen molar-refractivity contribution in [3.05, 3.63) is 54.4 Å². The van der Waals surface area contributed by atoms with Crippen LogP contribution in [-0.2, 0) is 0 Å². The maximum Gasteiger partial charge on any atom is 0.573 e. The van der Waals surface area contributed by atoms with Gasteiger partial charge >= 0.3 is 6.36 Å². The SMILES string of the molecule is COc1cc(-c2nn(C3CCC(N4CCN(C)CC4)CC3)c3ncnc(N)c23)ccc1NC(=O)c1ccccc1OC(F)(F)F. The molecule has 0 bridgehead atoms. The highest BCUT2D eigenvalue weighted by molar-refractivity contribution is 6.07. The zero-order chi connectivity index (χ0) is 31.7. The number of rotatable bonds is 7. The number of nitrogens with zero attached hydrogens (tertiary/aromatic N) is 6. The summed E-state index contributed by atoms with van der Waals surface area (Å²) in [6.07, 6.45) is 0.568. The van der Waals surface area contributed by atoms with E-state index in [1.54, 1.807) is 18.2 Å². The number of hydrogen-bond acceptors (Lipinski definition) is 9. The maximum absolute atomic E-state index is 13.0. The van der Waals surface area contributed by atoms with E-state index in [1.165, 1.54) is 31.6 Å². The van der Waals surface area contributed by atoms with Crippen LogP contribution in [0.3, 0.4) is 0 Å². The number of ether oxygens (including phenoxy) is 2. The van der Waals surface area contributed by atoms with Crippen LogP contribution in [0.25, 0.3) is 22.3 Å². The Bertz CT molecular complexity index is 1680. The lowest BCUT2D eigenvalue weighted by atomic mass is 9.90. The van der Waals surface area contributed by atoms with Crippen LogP contribution in [0.4, 0.5) is 24.7 Å².